The van der Waals surface area contributed by atoms with E-state index in [4.69, 9.17) is 9.47 Å². The maximum atomic E-state index is 12.5. The SMILES string of the molecule is CCOC1COCC1NC(=O)c1cc(C(C)C)nn1CC. The van der Waals surface area contributed by atoms with Gasteiger partial charge in [0.2, 0.25) is 0 Å². The number of aromatic nitrogens is 2. The highest BCUT2D eigenvalue weighted by Crippen LogP contribution is 2.16. The van der Waals surface area contributed by atoms with Crippen molar-refractivity contribution in [3.8, 4) is 0 Å². The molecule has 0 bridgehead atoms. The Labute approximate surface area is 125 Å². The van der Waals surface area contributed by atoms with E-state index in [0.717, 1.165) is 5.69 Å². The molecule has 1 amide bonds. The van der Waals surface area contributed by atoms with Crippen LogP contribution in [0.15, 0.2) is 6.07 Å². The van der Waals surface area contributed by atoms with Gasteiger partial charge in [-0.05, 0) is 25.8 Å². The van der Waals surface area contributed by atoms with Gasteiger partial charge < -0.3 is 14.8 Å². The second kappa shape index (κ2) is 7.04. The van der Waals surface area contributed by atoms with Crippen LogP contribution in [0.5, 0.6) is 0 Å². The summed E-state index contributed by atoms with van der Waals surface area (Å²) in [4.78, 5) is 12.5. The van der Waals surface area contributed by atoms with Crippen LogP contribution in [0.25, 0.3) is 0 Å². The molecule has 1 fully saturated rings. The summed E-state index contributed by atoms with van der Waals surface area (Å²) in [5.41, 5.74) is 1.54. The molecule has 1 aromatic heterocycles. The van der Waals surface area contributed by atoms with Gasteiger partial charge in [-0.15, -0.1) is 0 Å². The van der Waals surface area contributed by atoms with Crippen LogP contribution in [0, 0.1) is 0 Å². The molecule has 1 saturated heterocycles. The molecule has 6 nitrogen and oxygen atoms in total. The summed E-state index contributed by atoms with van der Waals surface area (Å²) in [5, 5.41) is 7.48. The van der Waals surface area contributed by atoms with Gasteiger partial charge in [-0.25, -0.2) is 0 Å². The van der Waals surface area contributed by atoms with Crippen LogP contribution in [-0.2, 0) is 16.0 Å². The lowest BCUT2D eigenvalue weighted by Gasteiger charge is -2.18. The van der Waals surface area contributed by atoms with Crippen LogP contribution in [-0.4, -0.2) is 47.7 Å². The van der Waals surface area contributed by atoms with E-state index >= 15 is 0 Å². The first-order valence-corrected chi connectivity index (χ1v) is 7.64. The summed E-state index contributed by atoms with van der Waals surface area (Å²) >= 11 is 0. The largest absolute Gasteiger partial charge is 0.376 e. The number of carbonyl (C=O) groups excluding carboxylic acids is 1. The minimum atomic E-state index is -0.114. The van der Waals surface area contributed by atoms with Gasteiger partial charge in [-0.1, -0.05) is 13.8 Å². The molecule has 1 aromatic rings. The van der Waals surface area contributed by atoms with Crippen molar-refractivity contribution in [1.82, 2.24) is 15.1 Å². The Kier molecular flexibility index (Phi) is 5.36. The quantitative estimate of drug-likeness (QED) is 0.865. The molecular formula is C15H25N3O3. The fourth-order valence-electron chi connectivity index (χ4n) is 2.43. The fraction of sp³-hybridized carbons (Fsp3) is 0.733. The first-order valence-electron chi connectivity index (χ1n) is 7.64. The number of nitrogens with zero attached hydrogens (tertiary/aromatic N) is 2. The minimum Gasteiger partial charge on any atom is -0.376 e. The van der Waals surface area contributed by atoms with E-state index in [0.29, 0.717) is 38.0 Å². The molecule has 2 heterocycles. The number of aryl methyl sites for hydroxylation is 1. The van der Waals surface area contributed by atoms with Crippen molar-refractivity contribution >= 4 is 5.91 Å². The van der Waals surface area contributed by atoms with Crippen molar-refractivity contribution in [3.63, 3.8) is 0 Å². The molecule has 1 aliphatic rings. The van der Waals surface area contributed by atoms with Gasteiger partial charge in [0.1, 0.15) is 11.8 Å². The molecule has 2 rings (SSSR count). The maximum absolute atomic E-state index is 12.5. The van der Waals surface area contributed by atoms with Crippen molar-refractivity contribution in [2.45, 2.75) is 52.3 Å². The molecule has 118 valence electrons. The standard InChI is InChI=1S/C15H25N3O3/c1-5-18-13(7-11(17-18)10(3)4)15(19)16-12-8-20-9-14(12)21-6-2/h7,10,12,14H,5-6,8-9H2,1-4H3,(H,16,19). The Morgan fingerprint density at radius 2 is 2.29 bits per heavy atom. The smallest absolute Gasteiger partial charge is 0.269 e. The predicted molar refractivity (Wildman–Crippen MR) is 79.5 cm³/mol. The number of ether oxygens (including phenoxy) is 2. The third kappa shape index (κ3) is 3.63. The van der Waals surface area contributed by atoms with Gasteiger partial charge in [0.25, 0.3) is 5.91 Å². The van der Waals surface area contributed by atoms with Gasteiger partial charge in [-0.3, -0.25) is 9.48 Å². The van der Waals surface area contributed by atoms with Crippen LogP contribution in [0.4, 0.5) is 0 Å². The predicted octanol–water partition coefficient (Wildman–Crippen LogP) is 1.56. The van der Waals surface area contributed by atoms with E-state index < -0.39 is 0 Å². The number of hydrogen-bond donors (Lipinski definition) is 1. The second-order valence-electron chi connectivity index (χ2n) is 5.54. The van der Waals surface area contributed by atoms with Crippen LogP contribution in [0.1, 0.15) is 49.8 Å². The highest BCUT2D eigenvalue weighted by atomic mass is 16.5. The Morgan fingerprint density at radius 3 is 2.90 bits per heavy atom. The summed E-state index contributed by atoms with van der Waals surface area (Å²) in [6.07, 6.45) is -0.0680. The maximum Gasteiger partial charge on any atom is 0.269 e. The third-order valence-electron chi connectivity index (χ3n) is 3.65. The van der Waals surface area contributed by atoms with E-state index in [2.05, 4.69) is 24.3 Å². The number of carbonyl (C=O) groups is 1. The Morgan fingerprint density at radius 1 is 1.52 bits per heavy atom. The van der Waals surface area contributed by atoms with Gasteiger partial charge in [0.05, 0.1) is 24.9 Å². The zero-order valence-electron chi connectivity index (χ0n) is 13.3. The number of amides is 1. The molecule has 0 spiro atoms. The fourth-order valence-corrected chi connectivity index (χ4v) is 2.43. The van der Waals surface area contributed by atoms with Gasteiger partial charge in [0, 0.05) is 13.2 Å². The van der Waals surface area contributed by atoms with Crippen LogP contribution < -0.4 is 5.32 Å². The monoisotopic (exact) mass is 295 g/mol. The summed E-state index contributed by atoms with van der Waals surface area (Å²) in [7, 11) is 0. The van der Waals surface area contributed by atoms with E-state index in [9.17, 15) is 4.79 Å². The zero-order valence-corrected chi connectivity index (χ0v) is 13.3. The molecule has 2 unspecified atom stereocenters. The van der Waals surface area contributed by atoms with Crippen molar-refractivity contribution in [1.29, 1.82) is 0 Å². The van der Waals surface area contributed by atoms with Crippen molar-refractivity contribution < 1.29 is 14.3 Å². The van der Waals surface area contributed by atoms with Crippen molar-refractivity contribution in [3.05, 3.63) is 17.5 Å². The minimum absolute atomic E-state index is 0.0680. The highest BCUT2D eigenvalue weighted by molar-refractivity contribution is 5.93. The lowest BCUT2D eigenvalue weighted by atomic mass is 10.1. The summed E-state index contributed by atoms with van der Waals surface area (Å²) in [6.45, 7) is 10.4. The first-order chi connectivity index (χ1) is 10.1. The molecule has 1 N–H and O–H groups in total. The summed E-state index contributed by atoms with van der Waals surface area (Å²) in [5.74, 6) is 0.187. The molecule has 0 aromatic carbocycles. The lowest BCUT2D eigenvalue weighted by Crippen LogP contribution is -2.44. The van der Waals surface area contributed by atoms with E-state index in [1.807, 2.05) is 19.9 Å². The van der Waals surface area contributed by atoms with Gasteiger partial charge >= 0.3 is 0 Å². The third-order valence-corrected chi connectivity index (χ3v) is 3.65. The summed E-state index contributed by atoms with van der Waals surface area (Å²) in [6, 6.07) is 1.77. The molecule has 6 heteroatoms. The average molecular weight is 295 g/mol. The molecular weight excluding hydrogens is 270 g/mol. The first kappa shape index (κ1) is 16.0. The molecule has 0 radical (unpaired) electrons. The molecule has 0 saturated carbocycles. The second-order valence-corrected chi connectivity index (χ2v) is 5.54. The Bertz CT molecular complexity index is 485. The van der Waals surface area contributed by atoms with E-state index in [1.54, 1.807) is 4.68 Å². The van der Waals surface area contributed by atoms with E-state index in [1.165, 1.54) is 0 Å². The highest BCUT2D eigenvalue weighted by Gasteiger charge is 2.31. The Hall–Kier alpha value is -1.40. The van der Waals surface area contributed by atoms with Crippen molar-refractivity contribution in [2.24, 2.45) is 0 Å². The van der Waals surface area contributed by atoms with E-state index in [-0.39, 0.29) is 18.1 Å². The number of hydrogen-bond acceptors (Lipinski definition) is 4. The number of rotatable bonds is 6. The number of nitrogens with one attached hydrogen (secondary N) is 1. The molecule has 1 aliphatic heterocycles. The normalized spacial score (nSPS) is 22.0. The summed E-state index contributed by atoms with van der Waals surface area (Å²) < 4.78 is 12.7. The lowest BCUT2D eigenvalue weighted by molar-refractivity contribution is 0.0401. The van der Waals surface area contributed by atoms with Gasteiger partial charge in [0.15, 0.2) is 0 Å². The average Bonchev–Trinajstić information content (AvgIpc) is 3.06. The Balaban J connectivity index is 2.09. The zero-order chi connectivity index (χ0) is 15.4. The van der Waals surface area contributed by atoms with Crippen LogP contribution in [0.3, 0.4) is 0 Å². The molecule has 0 aliphatic carbocycles. The van der Waals surface area contributed by atoms with Crippen LogP contribution in [0.2, 0.25) is 0 Å². The molecule has 21 heavy (non-hydrogen) atoms. The van der Waals surface area contributed by atoms with Crippen LogP contribution >= 0.6 is 0 Å². The topological polar surface area (TPSA) is 65.4 Å². The van der Waals surface area contributed by atoms with Crippen molar-refractivity contribution in [2.75, 3.05) is 19.8 Å². The molecule has 2 atom stereocenters. The van der Waals surface area contributed by atoms with Gasteiger partial charge in [-0.2, -0.15) is 5.10 Å².